The molecule has 1 N–H and O–H groups in total. The van der Waals surface area contributed by atoms with E-state index in [4.69, 9.17) is 9.47 Å². The first-order valence-electron chi connectivity index (χ1n) is 4.87. The van der Waals surface area contributed by atoms with E-state index >= 15 is 0 Å². The first-order chi connectivity index (χ1) is 6.76. The van der Waals surface area contributed by atoms with E-state index in [1.54, 1.807) is 12.0 Å². The number of carbonyl (C=O) groups excluding carboxylic acids is 1. The third-order valence-electron chi connectivity index (χ3n) is 2.91. The number of hydrogen-bond donors (Lipinski definition) is 1. The van der Waals surface area contributed by atoms with Crippen molar-refractivity contribution in [2.24, 2.45) is 0 Å². The van der Waals surface area contributed by atoms with Gasteiger partial charge in [0.2, 0.25) is 5.91 Å². The standard InChI is InChI=1S/C9H16N2O3/c1-13-9(2-3-14-6-9)5-11-7-10-4-8(11)12/h10H,2-7H2,1H3. The van der Waals surface area contributed by atoms with Gasteiger partial charge >= 0.3 is 0 Å². The Morgan fingerprint density at radius 2 is 2.57 bits per heavy atom. The van der Waals surface area contributed by atoms with Crippen LogP contribution in [0, 0.1) is 0 Å². The Hall–Kier alpha value is -0.650. The summed E-state index contributed by atoms with van der Waals surface area (Å²) in [7, 11) is 1.68. The molecule has 2 rings (SSSR count). The number of rotatable bonds is 3. The predicted molar refractivity (Wildman–Crippen MR) is 49.8 cm³/mol. The maximum atomic E-state index is 11.4. The molecule has 2 aliphatic heterocycles. The fraction of sp³-hybridized carbons (Fsp3) is 0.889. The van der Waals surface area contributed by atoms with Crippen molar-refractivity contribution in [1.82, 2.24) is 10.2 Å². The topological polar surface area (TPSA) is 50.8 Å². The SMILES string of the molecule is COC1(CN2CNCC2=O)CCOC1. The summed E-state index contributed by atoms with van der Waals surface area (Å²) >= 11 is 0. The minimum atomic E-state index is -0.276. The number of nitrogens with one attached hydrogen (secondary N) is 1. The second kappa shape index (κ2) is 3.84. The van der Waals surface area contributed by atoms with Crippen LogP contribution >= 0.6 is 0 Å². The van der Waals surface area contributed by atoms with Gasteiger partial charge in [0.1, 0.15) is 5.60 Å². The highest BCUT2D eigenvalue weighted by Crippen LogP contribution is 2.24. The largest absolute Gasteiger partial charge is 0.378 e. The van der Waals surface area contributed by atoms with Crippen LogP contribution < -0.4 is 5.32 Å². The Labute approximate surface area is 83.3 Å². The van der Waals surface area contributed by atoms with Gasteiger partial charge in [-0.1, -0.05) is 0 Å². The lowest BCUT2D eigenvalue weighted by molar-refractivity contribution is -0.131. The lowest BCUT2D eigenvalue weighted by Crippen LogP contribution is -2.46. The minimum Gasteiger partial charge on any atom is -0.378 e. The van der Waals surface area contributed by atoms with Gasteiger partial charge in [0.15, 0.2) is 0 Å². The molecule has 2 saturated heterocycles. The second-order valence-corrected chi connectivity index (χ2v) is 3.87. The molecular formula is C9H16N2O3. The molecule has 0 bridgehead atoms. The van der Waals surface area contributed by atoms with Gasteiger partial charge in [-0.05, 0) is 0 Å². The summed E-state index contributed by atoms with van der Waals surface area (Å²) in [5.74, 6) is 0.147. The fourth-order valence-corrected chi connectivity index (χ4v) is 1.93. The van der Waals surface area contributed by atoms with Gasteiger partial charge in [0.25, 0.3) is 0 Å². The Kier molecular flexibility index (Phi) is 2.71. The number of carbonyl (C=O) groups is 1. The number of nitrogens with zero attached hydrogens (tertiary/aromatic N) is 1. The van der Waals surface area contributed by atoms with Gasteiger partial charge in [-0.2, -0.15) is 0 Å². The van der Waals surface area contributed by atoms with Crippen LogP contribution in [-0.4, -0.2) is 56.5 Å². The van der Waals surface area contributed by atoms with Gasteiger partial charge in [-0.3, -0.25) is 10.1 Å². The molecule has 5 heteroatoms. The zero-order valence-electron chi connectivity index (χ0n) is 8.41. The van der Waals surface area contributed by atoms with Crippen LogP contribution in [0.5, 0.6) is 0 Å². The molecule has 1 unspecified atom stereocenters. The van der Waals surface area contributed by atoms with Crippen LogP contribution in [-0.2, 0) is 14.3 Å². The Balaban J connectivity index is 1.96. The Morgan fingerprint density at radius 3 is 3.07 bits per heavy atom. The molecular weight excluding hydrogens is 184 g/mol. The van der Waals surface area contributed by atoms with Crippen LogP contribution in [0.4, 0.5) is 0 Å². The molecule has 0 radical (unpaired) electrons. The normalized spacial score (nSPS) is 32.9. The maximum Gasteiger partial charge on any atom is 0.237 e. The number of ether oxygens (including phenoxy) is 2. The van der Waals surface area contributed by atoms with E-state index in [-0.39, 0.29) is 11.5 Å². The summed E-state index contributed by atoms with van der Waals surface area (Å²) in [4.78, 5) is 13.2. The van der Waals surface area contributed by atoms with Crippen molar-refractivity contribution in [1.29, 1.82) is 0 Å². The first-order valence-corrected chi connectivity index (χ1v) is 4.87. The maximum absolute atomic E-state index is 11.4. The van der Waals surface area contributed by atoms with Gasteiger partial charge in [0.05, 0.1) is 26.4 Å². The van der Waals surface area contributed by atoms with Crippen LogP contribution in [0.1, 0.15) is 6.42 Å². The van der Waals surface area contributed by atoms with Gasteiger partial charge < -0.3 is 14.4 Å². The summed E-state index contributed by atoms with van der Waals surface area (Å²) in [5, 5.41) is 3.02. The second-order valence-electron chi connectivity index (χ2n) is 3.87. The number of amides is 1. The van der Waals surface area contributed by atoms with Crippen LogP contribution in [0.2, 0.25) is 0 Å². The molecule has 0 aromatic rings. The lowest BCUT2D eigenvalue weighted by Gasteiger charge is -2.30. The van der Waals surface area contributed by atoms with E-state index in [0.29, 0.717) is 26.4 Å². The molecule has 1 amide bonds. The molecule has 0 aromatic heterocycles. The van der Waals surface area contributed by atoms with Crippen molar-refractivity contribution >= 4 is 5.91 Å². The summed E-state index contributed by atoms with van der Waals surface area (Å²) in [5.41, 5.74) is -0.276. The molecule has 5 nitrogen and oxygen atoms in total. The van der Waals surface area contributed by atoms with Crippen molar-refractivity contribution in [3.63, 3.8) is 0 Å². The van der Waals surface area contributed by atoms with Crippen molar-refractivity contribution in [2.75, 3.05) is 40.1 Å². The molecule has 2 fully saturated rings. The minimum absolute atomic E-state index is 0.147. The molecule has 0 saturated carbocycles. The fourth-order valence-electron chi connectivity index (χ4n) is 1.93. The van der Waals surface area contributed by atoms with Gasteiger partial charge in [-0.15, -0.1) is 0 Å². The van der Waals surface area contributed by atoms with E-state index in [9.17, 15) is 4.79 Å². The summed E-state index contributed by atoms with van der Waals surface area (Å²) < 4.78 is 10.8. The molecule has 2 aliphatic rings. The summed E-state index contributed by atoms with van der Waals surface area (Å²) in [6.07, 6.45) is 0.868. The first kappa shape index (κ1) is 9.89. The van der Waals surface area contributed by atoms with Gasteiger partial charge in [-0.25, -0.2) is 0 Å². The Morgan fingerprint density at radius 1 is 1.71 bits per heavy atom. The summed E-state index contributed by atoms with van der Waals surface area (Å²) in [6.45, 7) is 3.02. The predicted octanol–water partition coefficient (Wildman–Crippen LogP) is -0.819. The molecule has 80 valence electrons. The average Bonchev–Trinajstić information content (AvgIpc) is 2.79. The third-order valence-corrected chi connectivity index (χ3v) is 2.91. The van der Waals surface area contributed by atoms with E-state index in [0.717, 1.165) is 13.0 Å². The molecule has 0 spiro atoms. The Bertz CT molecular complexity index is 226. The highest BCUT2D eigenvalue weighted by molar-refractivity contribution is 5.80. The molecule has 2 heterocycles. The van der Waals surface area contributed by atoms with Crippen LogP contribution in [0.3, 0.4) is 0 Å². The zero-order chi connectivity index (χ0) is 10.0. The number of hydrogen-bond acceptors (Lipinski definition) is 4. The quantitative estimate of drug-likeness (QED) is 0.647. The van der Waals surface area contributed by atoms with Crippen molar-refractivity contribution in [3.05, 3.63) is 0 Å². The lowest BCUT2D eigenvalue weighted by atomic mass is 10.0. The van der Waals surface area contributed by atoms with Crippen LogP contribution in [0.15, 0.2) is 0 Å². The highest BCUT2D eigenvalue weighted by atomic mass is 16.5. The number of methoxy groups -OCH3 is 1. The van der Waals surface area contributed by atoms with Crippen molar-refractivity contribution in [2.45, 2.75) is 12.0 Å². The van der Waals surface area contributed by atoms with E-state index < -0.39 is 0 Å². The van der Waals surface area contributed by atoms with E-state index in [2.05, 4.69) is 5.32 Å². The summed E-state index contributed by atoms with van der Waals surface area (Å²) in [6, 6.07) is 0. The molecule has 14 heavy (non-hydrogen) atoms. The zero-order valence-corrected chi connectivity index (χ0v) is 8.41. The van der Waals surface area contributed by atoms with Gasteiger partial charge in [0, 0.05) is 20.1 Å². The monoisotopic (exact) mass is 200 g/mol. The molecule has 0 aromatic carbocycles. The highest BCUT2D eigenvalue weighted by Gasteiger charge is 2.38. The van der Waals surface area contributed by atoms with E-state index in [1.807, 2.05) is 0 Å². The third kappa shape index (κ3) is 1.75. The smallest absolute Gasteiger partial charge is 0.237 e. The molecule has 0 aliphatic carbocycles. The van der Waals surface area contributed by atoms with Crippen molar-refractivity contribution in [3.8, 4) is 0 Å². The average molecular weight is 200 g/mol. The van der Waals surface area contributed by atoms with Crippen molar-refractivity contribution < 1.29 is 14.3 Å². The van der Waals surface area contributed by atoms with Crippen LogP contribution in [0.25, 0.3) is 0 Å². The molecule has 1 atom stereocenters. The van der Waals surface area contributed by atoms with E-state index in [1.165, 1.54) is 0 Å².